The van der Waals surface area contributed by atoms with Gasteiger partial charge in [0, 0.05) is 5.39 Å². The van der Waals surface area contributed by atoms with Gasteiger partial charge in [-0.15, -0.1) is 0 Å². The molecular formula is C16H10FN3. The summed E-state index contributed by atoms with van der Waals surface area (Å²) in [5.41, 5.74) is 2.97. The second kappa shape index (κ2) is 4.13. The molecule has 1 N–H and O–H groups in total. The van der Waals surface area contributed by atoms with Gasteiger partial charge in [0.1, 0.15) is 11.6 Å². The molecule has 4 heteroatoms. The molecule has 0 saturated carbocycles. The lowest BCUT2D eigenvalue weighted by atomic mass is 10.2. The van der Waals surface area contributed by atoms with Crippen molar-refractivity contribution < 1.29 is 4.39 Å². The third kappa shape index (κ3) is 1.58. The van der Waals surface area contributed by atoms with Crippen molar-refractivity contribution in [3.05, 3.63) is 60.5 Å². The molecule has 2 heterocycles. The summed E-state index contributed by atoms with van der Waals surface area (Å²) in [6.45, 7) is 0. The molecule has 96 valence electrons. The number of aromatic amines is 1. The normalized spacial score (nSPS) is 11.2. The maximum absolute atomic E-state index is 13.8. The number of fused-ring (bicyclic) bond motifs is 3. The Morgan fingerprint density at radius 1 is 0.950 bits per heavy atom. The van der Waals surface area contributed by atoms with Crippen molar-refractivity contribution in [2.24, 2.45) is 0 Å². The van der Waals surface area contributed by atoms with Crippen molar-refractivity contribution in [2.75, 3.05) is 0 Å². The number of imidazole rings is 1. The molecule has 0 bridgehead atoms. The highest BCUT2D eigenvalue weighted by Crippen LogP contribution is 2.26. The Labute approximate surface area is 114 Å². The molecule has 0 radical (unpaired) electrons. The maximum atomic E-state index is 13.8. The number of halogens is 1. The molecule has 20 heavy (non-hydrogen) atoms. The SMILES string of the molecule is Fc1ccccc1-c1nc2c(cnc3ccccc32)[nH]1. The molecule has 0 spiro atoms. The largest absolute Gasteiger partial charge is 0.337 e. The third-order valence-electron chi connectivity index (χ3n) is 3.35. The van der Waals surface area contributed by atoms with Crippen LogP contribution >= 0.6 is 0 Å². The Morgan fingerprint density at radius 2 is 1.75 bits per heavy atom. The van der Waals surface area contributed by atoms with Gasteiger partial charge < -0.3 is 4.98 Å². The lowest BCUT2D eigenvalue weighted by molar-refractivity contribution is 0.630. The fourth-order valence-corrected chi connectivity index (χ4v) is 2.39. The van der Waals surface area contributed by atoms with Gasteiger partial charge in [0.15, 0.2) is 0 Å². The van der Waals surface area contributed by atoms with E-state index in [1.54, 1.807) is 24.4 Å². The molecule has 0 unspecified atom stereocenters. The molecule has 0 aliphatic rings. The second-order valence-corrected chi connectivity index (χ2v) is 4.60. The number of H-pyrrole nitrogens is 1. The van der Waals surface area contributed by atoms with E-state index in [1.807, 2.05) is 24.3 Å². The van der Waals surface area contributed by atoms with Crippen LogP contribution in [0.3, 0.4) is 0 Å². The van der Waals surface area contributed by atoms with Gasteiger partial charge in [-0.2, -0.15) is 0 Å². The standard InChI is InChI=1S/C16H10FN3/c17-12-7-3-1-5-10(12)16-19-14-9-18-13-8-4-2-6-11(13)15(14)20-16/h1-9H,(H,19,20). The highest BCUT2D eigenvalue weighted by molar-refractivity contribution is 6.02. The number of nitrogens with one attached hydrogen (secondary N) is 1. The van der Waals surface area contributed by atoms with Crippen LogP contribution in [0.5, 0.6) is 0 Å². The smallest absolute Gasteiger partial charge is 0.141 e. The predicted octanol–water partition coefficient (Wildman–Crippen LogP) is 3.92. The Kier molecular flexibility index (Phi) is 2.29. The van der Waals surface area contributed by atoms with Crippen molar-refractivity contribution >= 4 is 21.9 Å². The average molecular weight is 263 g/mol. The van der Waals surface area contributed by atoms with Crippen molar-refractivity contribution in [3.63, 3.8) is 0 Å². The summed E-state index contributed by atoms with van der Waals surface area (Å²) in [6, 6.07) is 14.4. The van der Waals surface area contributed by atoms with E-state index in [0.29, 0.717) is 11.4 Å². The fourth-order valence-electron chi connectivity index (χ4n) is 2.39. The number of rotatable bonds is 1. The van der Waals surface area contributed by atoms with E-state index >= 15 is 0 Å². The summed E-state index contributed by atoms with van der Waals surface area (Å²) in [7, 11) is 0. The Hall–Kier alpha value is -2.75. The molecule has 4 rings (SSSR count). The van der Waals surface area contributed by atoms with Gasteiger partial charge in [-0.3, -0.25) is 4.98 Å². The number of nitrogens with zero attached hydrogens (tertiary/aromatic N) is 2. The van der Waals surface area contributed by atoms with Gasteiger partial charge in [-0.25, -0.2) is 9.37 Å². The minimum absolute atomic E-state index is 0.288. The number of aromatic nitrogens is 3. The first kappa shape index (κ1) is 11.1. The van der Waals surface area contributed by atoms with Gasteiger partial charge in [-0.05, 0) is 18.2 Å². The van der Waals surface area contributed by atoms with Gasteiger partial charge in [0.25, 0.3) is 0 Å². The van der Waals surface area contributed by atoms with Crippen LogP contribution in [0.1, 0.15) is 0 Å². The summed E-state index contributed by atoms with van der Waals surface area (Å²) in [6.07, 6.45) is 1.73. The number of benzene rings is 2. The van der Waals surface area contributed by atoms with Crippen LogP contribution in [-0.4, -0.2) is 15.0 Å². The van der Waals surface area contributed by atoms with Gasteiger partial charge in [0.2, 0.25) is 0 Å². The Bertz CT molecular complexity index is 927. The molecule has 3 nitrogen and oxygen atoms in total. The molecule has 0 saturated heterocycles. The van der Waals surface area contributed by atoms with Gasteiger partial charge >= 0.3 is 0 Å². The summed E-state index contributed by atoms with van der Waals surface area (Å²) in [5.74, 6) is 0.236. The van der Waals surface area contributed by atoms with Crippen molar-refractivity contribution in [2.45, 2.75) is 0 Å². The van der Waals surface area contributed by atoms with Crippen LogP contribution in [0, 0.1) is 5.82 Å². The van der Waals surface area contributed by atoms with Gasteiger partial charge in [-0.1, -0.05) is 30.3 Å². The van der Waals surface area contributed by atoms with Crippen LogP contribution in [0.15, 0.2) is 54.7 Å². The summed E-state index contributed by atoms with van der Waals surface area (Å²) in [4.78, 5) is 12.0. The zero-order valence-corrected chi connectivity index (χ0v) is 10.5. The summed E-state index contributed by atoms with van der Waals surface area (Å²) in [5, 5.41) is 0.962. The molecule has 0 amide bonds. The van der Waals surface area contributed by atoms with Crippen molar-refractivity contribution in [1.82, 2.24) is 15.0 Å². The minimum atomic E-state index is -0.288. The third-order valence-corrected chi connectivity index (χ3v) is 3.35. The predicted molar refractivity (Wildman–Crippen MR) is 76.8 cm³/mol. The zero-order chi connectivity index (χ0) is 13.5. The lowest BCUT2D eigenvalue weighted by Crippen LogP contribution is -1.84. The molecule has 0 atom stereocenters. The van der Waals surface area contributed by atoms with Crippen LogP contribution in [0.25, 0.3) is 33.3 Å². The van der Waals surface area contributed by atoms with Gasteiger partial charge in [0.05, 0.1) is 28.3 Å². The van der Waals surface area contributed by atoms with E-state index in [4.69, 9.17) is 0 Å². The average Bonchev–Trinajstić information content (AvgIpc) is 2.92. The van der Waals surface area contributed by atoms with E-state index in [0.717, 1.165) is 21.9 Å². The first-order valence-corrected chi connectivity index (χ1v) is 6.31. The van der Waals surface area contributed by atoms with E-state index in [2.05, 4.69) is 15.0 Å². The first-order valence-electron chi connectivity index (χ1n) is 6.31. The quantitative estimate of drug-likeness (QED) is 0.565. The first-order chi connectivity index (χ1) is 9.83. The highest BCUT2D eigenvalue weighted by atomic mass is 19.1. The summed E-state index contributed by atoms with van der Waals surface area (Å²) >= 11 is 0. The number of para-hydroxylation sites is 1. The van der Waals surface area contributed by atoms with E-state index in [9.17, 15) is 4.39 Å². The topological polar surface area (TPSA) is 41.6 Å². The van der Waals surface area contributed by atoms with Crippen LogP contribution in [-0.2, 0) is 0 Å². The van der Waals surface area contributed by atoms with E-state index in [1.165, 1.54) is 6.07 Å². The molecule has 0 aliphatic carbocycles. The van der Waals surface area contributed by atoms with Crippen molar-refractivity contribution in [1.29, 1.82) is 0 Å². The number of hydrogen-bond donors (Lipinski definition) is 1. The van der Waals surface area contributed by atoms with Crippen LogP contribution in [0.4, 0.5) is 4.39 Å². The van der Waals surface area contributed by atoms with Crippen LogP contribution in [0.2, 0.25) is 0 Å². The molecule has 0 fully saturated rings. The van der Waals surface area contributed by atoms with Crippen LogP contribution < -0.4 is 0 Å². The highest BCUT2D eigenvalue weighted by Gasteiger charge is 2.11. The Morgan fingerprint density at radius 3 is 2.65 bits per heavy atom. The monoisotopic (exact) mass is 263 g/mol. The number of pyridine rings is 1. The molecule has 4 aromatic rings. The second-order valence-electron chi connectivity index (χ2n) is 4.60. The molecular weight excluding hydrogens is 253 g/mol. The molecule has 2 aromatic heterocycles. The fraction of sp³-hybridized carbons (Fsp3) is 0. The molecule has 0 aliphatic heterocycles. The Balaban J connectivity index is 2.04. The van der Waals surface area contributed by atoms with Crippen molar-refractivity contribution in [3.8, 4) is 11.4 Å². The van der Waals surface area contributed by atoms with E-state index in [-0.39, 0.29) is 5.82 Å². The minimum Gasteiger partial charge on any atom is -0.337 e. The number of hydrogen-bond acceptors (Lipinski definition) is 2. The maximum Gasteiger partial charge on any atom is 0.141 e. The van der Waals surface area contributed by atoms with E-state index < -0.39 is 0 Å². The lowest BCUT2D eigenvalue weighted by Gasteiger charge is -1.97. The molecule has 2 aromatic carbocycles. The zero-order valence-electron chi connectivity index (χ0n) is 10.5. The summed E-state index contributed by atoms with van der Waals surface area (Å²) < 4.78 is 13.8.